The van der Waals surface area contributed by atoms with Gasteiger partial charge in [0.1, 0.15) is 18.2 Å². The number of aromatic carboxylic acids is 1. The van der Waals surface area contributed by atoms with Crippen molar-refractivity contribution in [3.63, 3.8) is 0 Å². The predicted octanol–water partition coefficient (Wildman–Crippen LogP) is 6.85. The molecule has 0 aliphatic rings. The second kappa shape index (κ2) is 9.46. The summed E-state index contributed by atoms with van der Waals surface area (Å²) in [6, 6.07) is 15.0. The van der Waals surface area contributed by atoms with Gasteiger partial charge < -0.3 is 14.4 Å². The van der Waals surface area contributed by atoms with Crippen LogP contribution in [0.1, 0.15) is 45.4 Å². The zero-order valence-corrected chi connectivity index (χ0v) is 20.2. The van der Waals surface area contributed by atoms with Gasteiger partial charge in [0, 0.05) is 23.6 Å². The standard InChI is InChI=1S/C26H24Cl2N2O3/c1-4-23-29-22-12-15(2)11-16(3)25(22)30(23)13-17-5-7-18(8-6-17)33-14-20-21(27)10-9-19(24(20)28)26(31)32/h5-12H,4,13-14H2,1-3H3,(H,31,32). The molecule has 4 aromatic rings. The van der Waals surface area contributed by atoms with Crippen LogP contribution in [0.5, 0.6) is 5.75 Å². The number of carboxylic acids is 1. The van der Waals surface area contributed by atoms with Crippen molar-refractivity contribution in [1.29, 1.82) is 0 Å². The van der Waals surface area contributed by atoms with Crippen molar-refractivity contribution in [2.24, 2.45) is 0 Å². The minimum atomic E-state index is -1.11. The molecule has 0 amide bonds. The number of aryl methyl sites for hydroxylation is 3. The molecule has 0 radical (unpaired) electrons. The first-order valence-corrected chi connectivity index (χ1v) is 11.4. The molecule has 0 aliphatic carbocycles. The summed E-state index contributed by atoms with van der Waals surface area (Å²) < 4.78 is 8.12. The number of hydrogen-bond acceptors (Lipinski definition) is 3. The Morgan fingerprint density at radius 1 is 1.09 bits per heavy atom. The fraction of sp³-hybridized carbons (Fsp3) is 0.231. The second-order valence-corrected chi connectivity index (χ2v) is 8.83. The molecule has 0 spiro atoms. The van der Waals surface area contributed by atoms with Gasteiger partial charge in [-0.3, -0.25) is 0 Å². The average molecular weight is 483 g/mol. The monoisotopic (exact) mass is 482 g/mol. The molecule has 0 unspecified atom stereocenters. The molecule has 33 heavy (non-hydrogen) atoms. The number of carbonyl (C=O) groups is 1. The van der Waals surface area contributed by atoms with Crippen LogP contribution in [0.15, 0.2) is 48.5 Å². The molecule has 1 N–H and O–H groups in total. The highest BCUT2D eigenvalue weighted by molar-refractivity contribution is 6.37. The molecule has 5 nitrogen and oxygen atoms in total. The minimum Gasteiger partial charge on any atom is -0.489 e. The first-order chi connectivity index (χ1) is 15.8. The number of rotatable bonds is 7. The first-order valence-electron chi connectivity index (χ1n) is 10.7. The zero-order chi connectivity index (χ0) is 23.7. The summed E-state index contributed by atoms with van der Waals surface area (Å²) in [5, 5.41) is 9.72. The summed E-state index contributed by atoms with van der Waals surface area (Å²) in [7, 11) is 0. The maximum Gasteiger partial charge on any atom is 0.337 e. The van der Waals surface area contributed by atoms with Crippen molar-refractivity contribution in [2.75, 3.05) is 0 Å². The molecule has 0 saturated carbocycles. The van der Waals surface area contributed by atoms with Crippen molar-refractivity contribution in [3.05, 3.63) is 92.2 Å². The van der Waals surface area contributed by atoms with E-state index in [9.17, 15) is 9.90 Å². The van der Waals surface area contributed by atoms with Gasteiger partial charge in [-0.25, -0.2) is 9.78 Å². The maximum atomic E-state index is 11.3. The van der Waals surface area contributed by atoms with Crippen LogP contribution in [0.2, 0.25) is 10.0 Å². The number of aromatic nitrogens is 2. The Bertz CT molecular complexity index is 1340. The fourth-order valence-electron chi connectivity index (χ4n) is 4.07. The van der Waals surface area contributed by atoms with E-state index in [4.69, 9.17) is 32.9 Å². The van der Waals surface area contributed by atoms with Crippen molar-refractivity contribution >= 4 is 40.2 Å². The maximum absolute atomic E-state index is 11.3. The van der Waals surface area contributed by atoms with Crippen molar-refractivity contribution in [3.8, 4) is 5.75 Å². The van der Waals surface area contributed by atoms with Crippen LogP contribution < -0.4 is 4.74 Å². The number of benzene rings is 3. The lowest BCUT2D eigenvalue weighted by Gasteiger charge is -2.13. The largest absolute Gasteiger partial charge is 0.489 e. The molecule has 3 aromatic carbocycles. The minimum absolute atomic E-state index is 0.000196. The molecule has 1 heterocycles. The van der Waals surface area contributed by atoms with Crippen molar-refractivity contribution in [1.82, 2.24) is 9.55 Å². The molecular weight excluding hydrogens is 459 g/mol. The number of imidazole rings is 1. The Labute approximate surface area is 202 Å². The van der Waals surface area contributed by atoms with E-state index in [0.717, 1.165) is 23.3 Å². The van der Waals surface area contributed by atoms with Gasteiger partial charge in [-0.15, -0.1) is 0 Å². The summed E-state index contributed by atoms with van der Waals surface area (Å²) in [4.78, 5) is 16.2. The molecule has 4 rings (SSSR count). The second-order valence-electron chi connectivity index (χ2n) is 8.04. The van der Waals surface area contributed by atoms with Gasteiger partial charge in [0.25, 0.3) is 0 Å². The van der Waals surface area contributed by atoms with E-state index >= 15 is 0 Å². The lowest BCUT2D eigenvalue weighted by Crippen LogP contribution is -2.06. The van der Waals surface area contributed by atoms with Gasteiger partial charge in [0.05, 0.1) is 21.6 Å². The summed E-state index contributed by atoms with van der Waals surface area (Å²) in [6.45, 7) is 7.12. The molecule has 0 saturated heterocycles. The number of fused-ring (bicyclic) bond motifs is 1. The summed E-state index contributed by atoms with van der Waals surface area (Å²) in [6.07, 6.45) is 0.852. The fourth-order valence-corrected chi connectivity index (χ4v) is 4.63. The van der Waals surface area contributed by atoms with E-state index in [1.165, 1.54) is 28.8 Å². The molecule has 0 bridgehead atoms. The van der Waals surface area contributed by atoms with Crippen LogP contribution in [0.25, 0.3) is 11.0 Å². The molecule has 0 aliphatic heterocycles. The lowest BCUT2D eigenvalue weighted by atomic mass is 10.1. The van der Waals surface area contributed by atoms with Crippen LogP contribution in [-0.2, 0) is 19.6 Å². The SMILES string of the molecule is CCc1nc2cc(C)cc(C)c2n1Cc1ccc(OCc2c(Cl)ccc(C(=O)O)c2Cl)cc1. The van der Waals surface area contributed by atoms with E-state index in [-0.39, 0.29) is 17.2 Å². The van der Waals surface area contributed by atoms with Crippen molar-refractivity contribution in [2.45, 2.75) is 40.3 Å². The molecule has 0 atom stereocenters. The Morgan fingerprint density at radius 2 is 1.82 bits per heavy atom. The topological polar surface area (TPSA) is 64.4 Å². The molecular formula is C26H24Cl2N2O3. The van der Waals surface area contributed by atoms with Gasteiger partial charge in [-0.2, -0.15) is 0 Å². The summed E-state index contributed by atoms with van der Waals surface area (Å²) in [5.74, 6) is 0.595. The average Bonchev–Trinajstić information content (AvgIpc) is 3.11. The highest BCUT2D eigenvalue weighted by Gasteiger charge is 2.16. The highest BCUT2D eigenvalue weighted by atomic mass is 35.5. The van der Waals surface area contributed by atoms with Gasteiger partial charge in [-0.1, -0.05) is 48.3 Å². The molecule has 7 heteroatoms. The van der Waals surface area contributed by atoms with Gasteiger partial charge >= 0.3 is 5.97 Å². The Morgan fingerprint density at radius 3 is 2.48 bits per heavy atom. The third-order valence-corrected chi connectivity index (χ3v) is 6.42. The van der Waals surface area contributed by atoms with Crippen LogP contribution >= 0.6 is 23.2 Å². The lowest BCUT2D eigenvalue weighted by molar-refractivity contribution is 0.0697. The molecule has 0 fully saturated rings. The Balaban J connectivity index is 1.54. The number of halogens is 2. The molecule has 1 aromatic heterocycles. The van der Waals surface area contributed by atoms with Crippen LogP contribution in [0.4, 0.5) is 0 Å². The van der Waals surface area contributed by atoms with E-state index in [1.54, 1.807) is 0 Å². The van der Waals surface area contributed by atoms with E-state index in [2.05, 4.69) is 37.5 Å². The number of nitrogens with zero attached hydrogens (tertiary/aromatic N) is 2. The van der Waals surface area contributed by atoms with Crippen LogP contribution in [-0.4, -0.2) is 20.6 Å². The smallest absolute Gasteiger partial charge is 0.337 e. The normalized spacial score (nSPS) is 11.2. The number of ether oxygens (including phenoxy) is 1. The van der Waals surface area contributed by atoms with E-state index < -0.39 is 5.97 Å². The number of carboxylic acid groups (broad SMARTS) is 1. The highest BCUT2D eigenvalue weighted by Crippen LogP contribution is 2.30. The van der Waals surface area contributed by atoms with Gasteiger partial charge in [0.15, 0.2) is 0 Å². The van der Waals surface area contributed by atoms with Crippen LogP contribution in [0.3, 0.4) is 0 Å². The third-order valence-electron chi connectivity index (χ3n) is 5.64. The van der Waals surface area contributed by atoms with Gasteiger partial charge in [-0.05, 0) is 60.9 Å². The summed E-state index contributed by atoms with van der Waals surface area (Å²) >= 11 is 12.4. The first kappa shape index (κ1) is 23.1. The quantitative estimate of drug-likeness (QED) is 0.312. The van der Waals surface area contributed by atoms with Crippen LogP contribution in [0, 0.1) is 13.8 Å². The summed E-state index contributed by atoms with van der Waals surface area (Å²) in [5.41, 5.74) is 6.20. The molecule has 170 valence electrons. The number of hydrogen-bond donors (Lipinski definition) is 1. The zero-order valence-electron chi connectivity index (χ0n) is 18.7. The third kappa shape index (κ3) is 4.70. The van der Waals surface area contributed by atoms with Crippen molar-refractivity contribution < 1.29 is 14.6 Å². The van der Waals surface area contributed by atoms with Gasteiger partial charge in [0.2, 0.25) is 0 Å². The Kier molecular flexibility index (Phi) is 6.63. The Hall–Kier alpha value is -3.02. The van der Waals surface area contributed by atoms with E-state index in [1.807, 2.05) is 24.3 Å². The van der Waals surface area contributed by atoms with E-state index in [0.29, 0.717) is 22.9 Å². The predicted molar refractivity (Wildman–Crippen MR) is 132 cm³/mol.